The minimum atomic E-state index is -3.98. The van der Waals surface area contributed by atoms with Gasteiger partial charge in [0, 0.05) is 24.7 Å². The highest BCUT2D eigenvalue weighted by Gasteiger charge is 2.27. The van der Waals surface area contributed by atoms with Crippen molar-refractivity contribution >= 4 is 16.0 Å². The van der Waals surface area contributed by atoms with E-state index in [1.165, 1.54) is 12.5 Å². The number of hydrogen-bond donors (Lipinski definition) is 4. The van der Waals surface area contributed by atoms with E-state index in [1.807, 2.05) is 6.92 Å². The van der Waals surface area contributed by atoms with Crippen molar-refractivity contribution in [1.82, 2.24) is 24.7 Å². The topological polar surface area (TPSA) is 141 Å². The highest BCUT2D eigenvalue weighted by atomic mass is 32.2. The predicted molar refractivity (Wildman–Crippen MR) is 72.0 cm³/mol. The minimum Gasteiger partial charge on any atom is -0.480 e. The number of nitrogens with zero attached hydrogens (tertiary/aromatic N) is 2. The van der Waals surface area contributed by atoms with E-state index in [0.29, 0.717) is 17.9 Å². The van der Waals surface area contributed by atoms with Gasteiger partial charge in [0.15, 0.2) is 5.03 Å². The standard InChI is InChI=1S/C11H15N5O4S/c1-2-9-13-5-10(15-9)21(19,20)16-8(11(17)18)3-7-4-12-6-14-7/h4-6,8,16H,2-3H2,1H3,(H,12,14)(H,13,15)(H,17,18). The lowest BCUT2D eigenvalue weighted by atomic mass is 10.2. The number of H-pyrrole nitrogens is 2. The van der Waals surface area contributed by atoms with Gasteiger partial charge in [-0.3, -0.25) is 4.79 Å². The van der Waals surface area contributed by atoms with Crippen LogP contribution in [0.4, 0.5) is 0 Å². The Morgan fingerprint density at radius 2 is 2.24 bits per heavy atom. The molecule has 114 valence electrons. The predicted octanol–water partition coefficient (Wildman–Crippen LogP) is -0.331. The van der Waals surface area contributed by atoms with Crippen molar-refractivity contribution in [3.63, 3.8) is 0 Å². The maximum Gasteiger partial charge on any atom is 0.322 e. The molecule has 0 fully saturated rings. The number of aliphatic carboxylic acids is 1. The van der Waals surface area contributed by atoms with Gasteiger partial charge in [0.2, 0.25) is 0 Å². The van der Waals surface area contributed by atoms with E-state index in [-0.39, 0.29) is 11.4 Å². The summed E-state index contributed by atoms with van der Waals surface area (Å²) in [7, 11) is -3.98. The average molecular weight is 313 g/mol. The van der Waals surface area contributed by atoms with Gasteiger partial charge in [-0.05, 0) is 0 Å². The lowest BCUT2D eigenvalue weighted by Gasteiger charge is -2.12. The number of carbonyl (C=O) groups is 1. The second-order valence-electron chi connectivity index (χ2n) is 4.34. The molecule has 1 unspecified atom stereocenters. The van der Waals surface area contributed by atoms with Gasteiger partial charge in [-0.25, -0.2) is 18.4 Å². The molecule has 0 aromatic carbocycles. The molecule has 2 aromatic heterocycles. The van der Waals surface area contributed by atoms with Crippen molar-refractivity contribution in [3.8, 4) is 0 Å². The fourth-order valence-electron chi connectivity index (χ4n) is 1.71. The molecule has 0 saturated heterocycles. The van der Waals surface area contributed by atoms with E-state index in [0.717, 1.165) is 6.20 Å². The molecule has 0 saturated carbocycles. The van der Waals surface area contributed by atoms with Crippen molar-refractivity contribution < 1.29 is 18.3 Å². The number of carboxylic acids is 1. The molecule has 4 N–H and O–H groups in total. The molecule has 0 bridgehead atoms. The van der Waals surface area contributed by atoms with Crippen molar-refractivity contribution in [2.45, 2.75) is 30.8 Å². The molecule has 2 rings (SSSR count). The van der Waals surface area contributed by atoms with Crippen LogP contribution < -0.4 is 4.72 Å². The average Bonchev–Trinajstić information content (AvgIpc) is 3.08. The monoisotopic (exact) mass is 313 g/mol. The van der Waals surface area contributed by atoms with Crippen LogP contribution in [-0.4, -0.2) is 45.5 Å². The third-order valence-corrected chi connectivity index (χ3v) is 4.19. The Hall–Kier alpha value is -2.20. The molecule has 2 aromatic rings. The Morgan fingerprint density at radius 3 is 2.76 bits per heavy atom. The van der Waals surface area contributed by atoms with Gasteiger partial charge in [-0.2, -0.15) is 4.72 Å². The van der Waals surface area contributed by atoms with Crippen molar-refractivity contribution in [2.75, 3.05) is 0 Å². The third-order valence-electron chi connectivity index (χ3n) is 2.80. The summed E-state index contributed by atoms with van der Waals surface area (Å²) >= 11 is 0. The van der Waals surface area contributed by atoms with Crippen molar-refractivity contribution in [2.24, 2.45) is 0 Å². The lowest BCUT2D eigenvalue weighted by molar-refractivity contribution is -0.138. The summed E-state index contributed by atoms with van der Waals surface area (Å²) in [4.78, 5) is 24.2. The number of rotatable bonds is 7. The van der Waals surface area contributed by atoms with Gasteiger partial charge >= 0.3 is 5.97 Å². The maximum atomic E-state index is 12.1. The van der Waals surface area contributed by atoms with Gasteiger partial charge in [0.05, 0.1) is 12.5 Å². The molecule has 0 aliphatic carbocycles. The van der Waals surface area contributed by atoms with Crippen molar-refractivity contribution in [1.29, 1.82) is 0 Å². The van der Waals surface area contributed by atoms with E-state index >= 15 is 0 Å². The first-order valence-electron chi connectivity index (χ1n) is 6.18. The Balaban J connectivity index is 2.17. The number of aryl methyl sites for hydroxylation is 1. The van der Waals surface area contributed by atoms with E-state index < -0.39 is 22.0 Å². The first-order valence-corrected chi connectivity index (χ1v) is 7.67. The quantitative estimate of drug-likeness (QED) is 0.551. The molecular formula is C11H15N5O4S. The van der Waals surface area contributed by atoms with E-state index in [2.05, 4.69) is 24.7 Å². The summed E-state index contributed by atoms with van der Waals surface area (Å²) in [6, 6.07) is -1.30. The molecule has 0 amide bonds. The van der Waals surface area contributed by atoms with Crippen LogP contribution >= 0.6 is 0 Å². The van der Waals surface area contributed by atoms with E-state index in [9.17, 15) is 13.2 Å². The molecule has 21 heavy (non-hydrogen) atoms. The van der Waals surface area contributed by atoms with Crippen LogP contribution in [-0.2, 0) is 27.7 Å². The minimum absolute atomic E-state index is 0.0384. The number of nitrogens with one attached hydrogen (secondary N) is 3. The Bertz CT molecular complexity index is 707. The zero-order chi connectivity index (χ0) is 15.5. The van der Waals surface area contributed by atoms with Gasteiger partial charge in [-0.15, -0.1) is 0 Å². The fourth-order valence-corrected chi connectivity index (χ4v) is 2.84. The van der Waals surface area contributed by atoms with E-state index in [1.54, 1.807) is 0 Å². The second-order valence-corrected chi connectivity index (χ2v) is 6.02. The summed E-state index contributed by atoms with van der Waals surface area (Å²) in [5.41, 5.74) is 0.518. The SMILES string of the molecule is CCc1ncc(S(=O)(=O)NC(Cc2cnc[nH]2)C(=O)O)[nH]1. The second kappa shape index (κ2) is 6.06. The molecule has 0 aliphatic rings. The van der Waals surface area contributed by atoms with Crippen LogP contribution in [0.1, 0.15) is 18.4 Å². The van der Waals surface area contributed by atoms with Crippen LogP contribution in [0.25, 0.3) is 0 Å². The molecule has 0 spiro atoms. The first kappa shape index (κ1) is 15.2. The highest BCUT2D eigenvalue weighted by molar-refractivity contribution is 7.89. The van der Waals surface area contributed by atoms with Crippen LogP contribution in [0, 0.1) is 0 Å². The summed E-state index contributed by atoms with van der Waals surface area (Å²) in [5.74, 6) is -0.765. The Kier molecular flexibility index (Phi) is 4.38. The number of sulfonamides is 1. The van der Waals surface area contributed by atoms with E-state index in [4.69, 9.17) is 5.11 Å². The van der Waals surface area contributed by atoms with Crippen LogP contribution in [0.2, 0.25) is 0 Å². The summed E-state index contributed by atoms with van der Waals surface area (Å²) in [6.45, 7) is 1.82. The fraction of sp³-hybridized carbons (Fsp3) is 0.364. The zero-order valence-corrected chi connectivity index (χ0v) is 12.0. The smallest absolute Gasteiger partial charge is 0.322 e. The zero-order valence-electron chi connectivity index (χ0n) is 11.2. The van der Waals surface area contributed by atoms with Gasteiger partial charge in [-0.1, -0.05) is 6.92 Å². The number of imidazole rings is 2. The molecule has 2 heterocycles. The van der Waals surface area contributed by atoms with Crippen molar-refractivity contribution in [3.05, 3.63) is 30.2 Å². The normalized spacial score (nSPS) is 13.2. The summed E-state index contributed by atoms with van der Waals surface area (Å²) < 4.78 is 26.4. The Morgan fingerprint density at radius 1 is 1.48 bits per heavy atom. The molecule has 10 heteroatoms. The van der Waals surface area contributed by atoms with Crippen LogP contribution in [0.3, 0.4) is 0 Å². The number of aromatic nitrogens is 4. The van der Waals surface area contributed by atoms with Gasteiger partial charge < -0.3 is 15.1 Å². The molecule has 1 atom stereocenters. The number of hydrogen-bond acceptors (Lipinski definition) is 5. The molecule has 0 radical (unpaired) electrons. The summed E-state index contributed by atoms with van der Waals surface area (Å²) in [6.07, 6.45) is 4.51. The maximum absolute atomic E-state index is 12.1. The molecule has 0 aliphatic heterocycles. The van der Waals surface area contributed by atoms with Crippen LogP contribution in [0.5, 0.6) is 0 Å². The summed E-state index contributed by atoms with van der Waals surface area (Å²) in [5, 5.41) is 8.99. The number of aromatic amines is 2. The van der Waals surface area contributed by atoms with Crippen LogP contribution in [0.15, 0.2) is 23.7 Å². The number of carboxylic acid groups (broad SMARTS) is 1. The third kappa shape index (κ3) is 3.67. The van der Waals surface area contributed by atoms with Gasteiger partial charge in [0.25, 0.3) is 10.0 Å². The Labute approximate surface area is 120 Å². The largest absolute Gasteiger partial charge is 0.480 e. The molecular weight excluding hydrogens is 298 g/mol. The lowest BCUT2D eigenvalue weighted by Crippen LogP contribution is -2.42. The molecule has 9 nitrogen and oxygen atoms in total. The first-order chi connectivity index (χ1) is 9.92. The highest BCUT2D eigenvalue weighted by Crippen LogP contribution is 2.08. The van der Waals surface area contributed by atoms with Gasteiger partial charge in [0.1, 0.15) is 11.9 Å².